The van der Waals surface area contributed by atoms with Crippen LogP contribution in [0.4, 0.5) is 4.79 Å². The van der Waals surface area contributed by atoms with Crippen molar-refractivity contribution in [2.75, 3.05) is 27.4 Å². The molecule has 2 heterocycles. The summed E-state index contributed by atoms with van der Waals surface area (Å²) in [6.07, 6.45) is 1.37. The minimum absolute atomic E-state index is 0.00782. The van der Waals surface area contributed by atoms with E-state index in [1.165, 1.54) is 0 Å². The monoisotopic (exact) mass is 455 g/mol. The summed E-state index contributed by atoms with van der Waals surface area (Å²) in [6, 6.07) is -0.368. The molecule has 2 saturated heterocycles. The molecule has 1 amide bonds. The first kappa shape index (κ1) is 19.2. The largest absolute Gasteiger partial charge is 0.444 e. The van der Waals surface area contributed by atoms with Crippen LogP contribution in [-0.4, -0.2) is 61.9 Å². The molecule has 23 heavy (non-hydrogen) atoms. The summed E-state index contributed by atoms with van der Waals surface area (Å²) in [5.74, 6) is -0.975. The zero-order valence-electron chi connectivity index (χ0n) is 14.0. The average molecular weight is 457 g/mol. The van der Waals surface area contributed by atoms with Gasteiger partial charge >= 0.3 is 6.09 Å². The summed E-state index contributed by atoms with van der Waals surface area (Å²) in [4.78, 5) is 14.3. The molecule has 8 heteroatoms. The highest BCUT2D eigenvalue weighted by Crippen LogP contribution is 2.43. The lowest BCUT2D eigenvalue weighted by atomic mass is 9.99. The summed E-state index contributed by atoms with van der Waals surface area (Å²) < 4.78 is 23.4. The van der Waals surface area contributed by atoms with Gasteiger partial charge in [0, 0.05) is 26.7 Å². The molecular weight excluding hydrogens is 434 g/mol. The van der Waals surface area contributed by atoms with Crippen molar-refractivity contribution in [3.63, 3.8) is 0 Å². The zero-order chi connectivity index (χ0) is 17.4. The van der Waals surface area contributed by atoms with Gasteiger partial charge in [-0.2, -0.15) is 0 Å². The molecule has 6 nitrogen and oxygen atoms in total. The maximum atomic E-state index is 12.6. The first-order chi connectivity index (χ1) is 10.6. The van der Waals surface area contributed by atoms with Crippen molar-refractivity contribution in [3.05, 3.63) is 9.47 Å². The van der Waals surface area contributed by atoms with Gasteiger partial charge in [0.2, 0.25) is 5.79 Å². The molecular formula is C15H23Br2NO5. The van der Waals surface area contributed by atoms with Crippen LogP contribution in [0.2, 0.25) is 0 Å². The van der Waals surface area contributed by atoms with Crippen LogP contribution in [0.1, 0.15) is 20.8 Å². The molecule has 0 aromatic carbocycles. The summed E-state index contributed by atoms with van der Waals surface area (Å²) in [5, 5.41) is 0. The molecule has 0 bridgehead atoms. The zero-order valence-corrected chi connectivity index (χ0v) is 17.1. The van der Waals surface area contributed by atoms with E-state index in [1.807, 2.05) is 26.8 Å². The van der Waals surface area contributed by atoms with Gasteiger partial charge in [-0.3, -0.25) is 4.90 Å². The van der Waals surface area contributed by atoms with Gasteiger partial charge in [0.1, 0.15) is 18.2 Å². The Balaban J connectivity index is 2.32. The van der Waals surface area contributed by atoms with E-state index in [-0.39, 0.29) is 24.7 Å². The number of amides is 1. The highest BCUT2D eigenvalue weighted by Gasteiger charge is 2.61. The third-order valence-corrected chi connectivity index (χ3v) is 4.59. The predicted octanol–water partition coefficient (Wildman–Crippen LogP) is 3.24. The number of carbonyl (C=O) groups excluding carboxylic acids is 1. The van der Waals surface area contributed by atoms with E-state index in [2.05, 4.69) is 31.9 Å². The van der Waals surface area contributed by atoms with Gasteiger partial charge in [0.25, 0.3) is 0 Å². The standard InChI is InChI=1S/C15H23Br2NO5/c1-14(2,3)23-13(19)18-7-9(6-10(16)17)11-12(18)15(20-4,21-5)8-22-11/h6,9,11-12H,7-8H2,1-5H3/t9-,11-,12+/m1/s1. The van der Waals surface area contributed by atoms with Crippen LogP contribution in [0.15, 0.2) is 9.47 Å². The van der Waals surface area contributed by atoms with E-state index in [0.29, 0.717) is 6.54 Å². The number of hydrogen-bond acceptors (Lipinski definition) is 5. The number of ether oxygens (including phenoxy) is 4. The third-order valence-electron chi connectivity index (χ3n) is 4.06. The van der Waals surface area contributed by atoms with E-state index in [4.69, 9.17) is 18.9 Å². The number of likely N-dealkylation sites (tertiary alicyclic amines) is 1. The summed E-state index contributed by atoms with van der Waals surface area (Å²) in [7, 11) is 3.12. The molecule has 0 N–H and O–H groups in total. The first-order valence-electron chi connectivity index (χ1n) is 7.38. The Morgan fingerprint density at radius 2 is 1.91 bits per heavy atom. The highest BCUT2D eigenvalue weighted by atomic mass is 79.9. The molecule has 0 unspecified atom stereocenters. The Labute approximate surface area is 153 Å². The van der Waals surface area contributed by atoms with Crippen LogP contribution in [0.5, 0.6) is 0 Å². The maximum Gasteiger partial charge on any atom is 0.410 e. The Morgan fingerprint density at radius 1 is 1.30 bits per heavy atom. The van der Waals surface area contributed by atoms with Crippen LogP contribution in [0, 0.1) is 5.92 Å². The molecule has 0 saturated carbocycles. The quantitative estimate of drug-likeness (QED) is 0.610. The minimum Gasteiger partial charge on any atom is -0.444 e. The van der Waals surface area contributed by atoms with Crippen LogP contribution < -0.4 is 0 Å². The summed E-state index contributed by atoms with van der Waals surface area (Å²) >= 11 is 6.75. The number of hydrogen-bond donors (Lipinski definition) is 0. The molecule has 2 aliphatic heterocycles. The van der Waals surface area contributed by atoms with Crippen molar-refractivity contribution < 1.29 is 23.7 Å². The normalized spacial score (nSPS) is 29.3. The van der Waals surface area contributed by atoms with Gasteiger partial charge in [-0.05, 0) is 52.6 Å². The van der Waals surface area contributed by atoms with E-state index in [0.717, 1.165) is 3.39 Å². The number of carbonyl (C=O) groups is 1. The Kier molecular flexibility index (Phi) is 5.83. The van der Waals surface area contributed by atoms with E-state index >= 15 is 0 Å². The highest BCUT2D eigenvalue weighted by molar-refractivity contribution is 9.28. The summed E-state index contributed by atoms with van der Waals surface area (Å²) in [6.45, 7) is 6.26. The second kappa shape index (κ2) is 7.00. The Morgan fingerprint density at radius 3 is 2.39 bits per heavy atom. The van der Waals surface area contributed by atoms with E-state index in [9.17, 15) is 4.79 Å². The van der Waals surface area contributed by atoms with Gasteiger partial charge in [-0.1, -0.05) is 6.08 Å². The van der Waals surface area contributed by atoms with Gasteiger partial charge in [-0.25, -0.2) is 4.79 Å². The van der Waals surface area contributed by atoms with Crippen molar-refractivity contribution in [2.45, 2.75) is 44.3 Å². The van der Waals surface area contributed by atoms with Crippen molar-refractivity contribution in [3.8, 4) is 0 Å². The SMILES string of the molecule is COC1(OC)CO[C@@H]2[C@H](C=C(Br)Br)CN(C(=O)OC(C)(C)C)[C@@H]21. The van der Waals surface area contributed by atoms with Crippen molar-refractivity contribution >= 4 is 38.0 Å². The Bertz CT molecular complexity index is 483. The summed E-state index contributed by atoms with van der Waals surface area (Å²) in [5.41, 5.74) is -0.571. The average Bonchev–Trinajstić information content (AvgIpc) is 2.96. The number of methoxy groups -OCH3 is 2. The van der Waals surface area contributed by atoms with Gasteiger partial charge in [0.15, 0.2) is 0 Å². The van der Waals surface area contributed by atoms with Crippen LogP contribution in [-0.2, 0) is 18.9 Å². The number of rotatable bonds is 3. The first-order valence-corrected chi connectivity index (χ1v) is 8.96. The van der Waals surface area contributed by atoms with Crippen molar-refractivity contribution in [2.24, 2.45) is 5.92 Å². The van der Waals surface area contributed by atoms with Gasteiger partial charge in [-0.15, -0.1) is 0 Å². The molecule has 0 aromatic rings. The van der Waals surface area contributed by atoms with Crippen molar-refractivity contribution in [1.82, 2.24) is 4.90 Å². The minimum atomic E-state index is -0.983. The molecule has 2 aliphatic rings. The molecule has 0 radical (unpaired) electrons. The lowest BCUT2D eigenvalue weighted by Crippen LogP contribution is -2.55. The molecule has 2 fully saturated rings. The van der Waals surface area contributed by atoms with Gasteiger partial charge < -0.3 is 18.9 Å². The molecule has 0 aromatic heterocycles. The fourth-order valence-corrected chi connectivity index (χ4v) is 3.80. The predicted molar refractivity (Wildman–Crippen MR) is 92.6 cm³/mol. The Hall–Kier alpha value is -0.150. The second-order valence-electron chi connectivity index (χ2n) is 6.69. The lowest BCUT2D eigenvalue weighted by Gasteiger charge is -2.36. The molecule has 3 atom stereocenters. The fourth-order valence-electron chi connectivity index (χ4n) is 3.12. The van der Waals surface area contributed by atoms with Crippen LogP contribution in [0.3, 0.4) is 0 Å². The maximum absolute atomic E-state index is 12.6. The fraction of sp³-hybridized carbons (Fsp3) is 0.800. The number of nitrogens with zero attached hydrogens (tertiary/aromatic N) is 1. The smallest absolute Gasteiger partial charge is 0.410 e. The van der Waals surface area contributed by atoms with Crippen LogP contribution in [0.25, 0.3) is 0 Å². The van der Waals surface area contributed by atoms with Gasteiger partial charge in [0.05, 0.1) is 9.50 Å². The topological polar surface area (TPSA) is 57.2 Å². The number of fused-ring (bicyclic) bond motifs is 1. The second-order valence-corrected chi connectivity index (χ2v) is 9.47. The van der Waals surface area contributed by atoms with E-state index in [1.54, 1.807) is 19.1 Å². The molecule has 132 valence electrons. The number of halogens is 2. The molecule has 2 rings (SSSR count). The molecule has 0 spiro atoms. The van der Waals surface area contributed by atoms with Crippen molar-refractivity contribution in [1.29, 1.82) is 0 Å². The lowest BCUT2D eigenvalue weighted by molar-refractivity contribution is -0.224. The van der Waals surface area contributed by atoms with Crippen LogP contribution >= 0.6 is 31.9 Å². The molecule has 0 aliphatic carbocycles. The third kappa shape index (κ3) is 3.92. The van der Waals surface area contributed by atoms with E-state index < -0.39 is 17.5 Å².